The fourth-order valence-corrected chi connectivity index (χ4v) is 4.30. The fourth-order valence-electron chi connectivity index (χ4n) is 3.40. The number of aromatic nitrogens is 2. The molecule has 0 aliphatic rings. The number of nitrogens with zero attached hydrogens (tertiary/aromatic N) is 2. The molecular formula is C24H28N2O2S. The van der Waals surface area contributed by atoms with Gasteiger partial charge in [0.2, 0.25) is 0 Å². The van der Waals surface area contributed by atoms with E-state index in [1.807, 2.05) is 56.3 Å². The minimum atomic E-state index is -0.0196. The van der Waals surface area contributed by atoms with Crippen LogP contribution < -0.4 is 5.56 Å². The van der Waals surface area contributed by atoms with E-state index >= 15 is 0 Å². The number of carbonyl (C=O) groups excluding carboxylic acids is 1. The van der Waals surface area contributed by atoms with Gasteiger partial charge < -0.3 is 0 Å². The summed E-state index contributed by atoms with van der Waals surface area (Å²) in [5.74, 6) is 0.334. The van der Waals surface area contributed by atoms with Crippen LogP contribution in [-0.2, 0) is 6.54 Å². The molecule has 0 atom stereocenters. The molecule has 0 saturated heterocycles. The number of hydrogen-bond acceptors (Lipinski definition) is 4. The van der Waals surface area contributed by atoms with E-state index in [2.05, 4.69) is 6.92 Å². The number of fused-ring (bicyclic) bond motifs is 1. The number of hydrogen-bond donors (Lipinski definition) is 0. The second-order valence-electron chi connectivity index (χ2n) is 7.46. The molecule has 1 aromatic heterocycles. The lowest BCUT2D eigenvalue weighted by Gasteiger charge is -2.13. The maximum absolute atomic E-state index is 13.1. The smallest absolute Gasteiger partial charge is 0.262 e. The van der Waals surface area contributed by atoms with Gasteiger partial charge in [0.25, 0.3) is 5.56 Å². The van der Waals surface area contributed by atoms with Crippen molar-refractivity contribution in [3.63, 3.8) is 0 Å². The van der Waals surface area contributed by atoms with E-state index in [1.165, 1.54) is 11.8 Å². The summed E-state index contributed by atoms with van der Waals surface area (Å²) in [6, 6.07) is 13.4. The van der Waals surface area contributed by atoms with Crippen LogP contribution in [0.5, 0.6) is 0 Å². The van der Waals surface area contributed by atoms with Crippen molar-refractivity contribution >= 4 is 28.4 Å². The van der Waals surface area contributed by atoms with E-state index in [9.17, 15) is 9.59 Å². The summed E-state index contributed by atoms with van der Waals surface area (Å²) in [4.78, 5) is 30.6. The van der Waals surface area contributed by atoms with Crippen LogP contribution in [-0.4, -0.2) is 21.1 Å². The highest BCUT2D eigenvalue weighted by Crippen LogP contribution is 2.21. The lowest BCUT2D eigenvalue weighted by atomic mass is 10.0. The highest BCUT2D eigenvalue weighted by Gasteiger charge is 2.15. The number of carbonyl (C=O) groups is 1. The molecule has 3 rings (SSSR count). The first-order chi connectivity index (χ1) is 14.0. The topological polar surface area (TPSA) is 52.0 Å². The van der Waals surface area contributed by atoms with Crippen molar-refractivity contribution in [1.82, 2.24) is 9.55 Å². The third-order valence-corrected chi connectivity index (χ3v) is 6.06. The highest BCUT2D eigenvalue weighted by molar-refractivity contribution is 7.99. The minimum absolute atomic E-state index is 0.0196. The number of thioether (sulfide) groups is 1. The fraction of sp³-hybridized carbons (Fsp3) is 0.375. The van der Waals surface area contributed by atoms with Gasteiger partial charge in [0.1, 0.15) is 0 Å². The van der Waals surface area contributed by atoms with E-state index in [0.717, 1.165) is 42.4 Å². The second-order valence-corrected chi connectivity index (χ2v) is 8.40. The van der Waals surface area contributed by atoms with Crippen molar-refractivity contribution in [2.24, 2.45) is 0 Å². The summed E-state index contributed by atoms with van der Waals surface area (Å²) in [7, 11) is 0. The minimum Gasteiger partial charge on any atom is -0.293 e. The summed E-state index contributed by atoms with van der Waals surface area (Å²) in [5, 5.41) is 1.26. The lowest BCUT2D eigenvalue weighted by molar-refractivity contribution is 0.102. The molecule has 0 unspecified atom stereocenters. The SMILES string of the molecule is CCCCCCn1c(SCC(=O)c2cc(C)ccc2C)nc2ccccc2c1=O. The summed E-state index contributed by atoms with van der Waals surface area (Å²) in [5.41, 5.74) is 3.46. The number of unbranched alkanes of at least 4 members (excludes halogenated alkanes) is 3. The molecule has 0 fully saturated rings. The predicted molar refractivity (Wildman–Crippen MR) is 121 cm³/mol. The standard InChI is InChI=1S/C24H28N2O2S/c1-4-5-6-9-14-26-23(28)19-10-7-8-11-21(19)25-24(26)29-16-22(27)20-15-17(2)12-13-18(20)3/h7-8,10-13,15H,4-6,9,14,16H2,1-3H3. The first kappa shape index (κ1) is 21.3. The van der Waals surface area contributed by atoms with Crippen LogP contribution in [0.15, 0.2) is 52.4 Å². The molecule has 5 heteroatoms. The van der Waals surface area contributed by atoms with Crippen LogP contribution in [0.25, 0.3) is 10.9 Å². The largest absolute Gasteiger partial charge is 0.293 e. The molecule has 0 N–H and O–H groups in total. The van der Waals surface area contributed by atoms with E-state index in [-0.39, 0.29) is 17.1 Å². The number of Topliss-reactive ketones (excluding diaryl/α,β-unsaturated/α-hetero) is 1. The Labute approximate surface area is 176 Å². The van der Waals surface area contributed by atoms with Gasteiger partial charge in [-0.25, -0.2) is 4.98 Å². The Balaban J connectivity index is 1.87. The number of aryl methyl sites for hydroxylation is 2. The Kier molecular flexibility index (Phi) is 7.26. The highest BCUT2D eigenvalue weighted by atomic mass is 32.2. The van der Waals surface area contributed by atoms with Gasteiger partial charge >= 0.3 is 0 Å². The van der Waals surface area contributed by atoms with Gasteiger partial charge in [-0.1, -0.05) is 67.8 Å². The molecule has 1 heterocycles. The molecule has 29 heavy (non-hydrogen) atoms. The Morgan fingerprint density at radius 3 is 2.66 bits per heavy atom. The van der Waals surface area contributed by atoms with E-state index in [0.29, 0.717) is 22.6 Å². The van der Waals surface area contributed by atoms with Crippen LogP contribution in [0.1, 0.15) is 54.1 Å². The van der Waals surface area contributed by atoms with Gasteiger partial charge in [0.05, 0.1) is 16.7 Å². The van der Waals surface area contributed by atoms with E-state index < -0.39 is 0 Å². The van der Waals surface area contributed by atoms with E-state index in [4.69, 9.17) is 4.98 Å². The Morgan fingerprint density at radius 2 is 1.86 bits per heavy atom. The lowest BCUT2D eigenvalue weighted by Crippen LogP contribution is -2.24. The van der Waals surface area contributed by atoms with Gasteiger partial charge in [-0.3, -0.25) is 14.2 Å². The van der Waals surface area contributed by atoms with Crippen LogP contribution >= 0.6 is 11.8 Å². The number of para-hydroxylation sites is 1. The number of benzene rings is 2. The zero-order valence-corrected chi connectivity index (χ0v) is 18.2. The molecule has 152 valence electrons. The zero-order chi connectivity index (χ0) is 20.8. The van der Waals surface area contributed by atoms with Crippen LogP contribution in [0.4, 0.5) is 0 Å². The van der Waals surface area contributed by atoms with Gasteiger partial charge in [0.15, 0.2) is 10.9 Å². The van der Waals surface area contributed by atoms with Crippen molar-refractivity contribution in [3.05, 3.63) is 69.5 Å². The Morgan fingerprint density at radius 1 is 1.07 bits per heavy atom. The van der Waals surface area contributed by atoms with Crippen molar-refractivity contribution in [1.29, 1.82) is 0 Å². The molecule has 0 bridgehead atoms. The third-order valence-electron chi connectivity index (χ3n) is 5.09. The van der Waals surface area contributed by atoms with Gasteiger partial charge in [-0.05, 0) is 44.0 Å². The van der Waals surface area contributed by atoms with Crippen molar-refractivity contribution < 1.29 is 4.79 Å². The first-order valence-corrected chi connectivity index (χ1v) is 11.2. The molecule has 4 nitrogen and oxygen atoms in total. The molecule has 0 aliphatic carbocycles. The Bertz CT molecular complexity index is 1070. The van der Waals surface area contributed by atoms with Crippen LogP contribution in [0.2, 0.25) is 0 Å². The normalized spacial score (nSPS) is 11.1. The molecule has 0 radical (unpaired) electrons. The monoisotopic (exact) mass is 408 g/mol. The zero-order valence-electron chi connectivity index (χ0n) is 17.4. The molecule has 0 saturated carbocycles. The van der Waals surface area contributed by atoms with Crippen LogP contribution in [0.3, 0.4) is 0 Å². The maximum Gasteiger partial charge on any atom is 0.262 e. The second kappa shape index (κ2) is 9.88. The summed E-state index contributed by atoms with van der Waals surface area (Å²) < 4.78 is 1.75. The van der Waals surface area contributed by atoms with Gasteiger partial charge in [-0.2, -0.15) is 0 Å². The number of ketones is 1. The molecule has 2 aromatic carbocycles. The van der Waals surface area contributed by atoms with Crippen molar-refractivity contribution in [2.75, 3.05) is 5.75 Å². The maximum atomic E-state index is 13.1. The van der Waals surface area contributed by atoms with Crippen molar-refractivity contribution in [2.45, 2.75) is 58.2 Å². The molecule has 0 spiro atoms. The molecule has 0 amide bonds. The average Bonchev–Trinajstić information content (AvgIpc) is 2.72. The first-order valence-electron chi connectivity index (χ1n) is 10.2. The van der Waals surface area contributed by atoms with Crippen molar-refractivity contribution in [3.8, 4) is 0 Å². The summed E-state index contributed by atoms with van der Waals surface area (Å²) >= 11 is 1.36. The van der Waals surface area contributed by atoms with E-state index in [1.54, 1.807) is 4.57 Å². The third kappa shape index (κ3) is 5.15. The average molecular weight is 409 g/mol. The molecular weight excluding hydrogens is 380 g/mol. The Hall–Kier alpha value is -2.40. The van der Waals surface area contributed by atoms with Crippen LogP contribution in [0, 0.1) is 13.8 Å². The quantitative estimate of drug-likeness (QED) is 0.201. The summed E-state index contributed by atoms with van der Waals surface area (Å²) in [6.45, 7) is 6.75. The summed E-state index contributed by atoms with van der Waals surface area (Å²) in [6.07, 6.45) is 4.33. The predicted octanol–water partition coefficient (Wildman–Crippen LogP) is 5.57. The van der Waals surface area contributed by atoms with Gasteiger partial charge in [-0.15, -0.1) is 0 Å². The molecule has 0 aliphatic heterocycles. The number of rotatable bonds is 9. The van der Waals surface area contributed by atoms with Gasteiger partial charge in [0, 0.05) is 12.1 Å². The molecule has 3 aromatic rings.